The number of nitrogens with one attached hydrogen (secondary N) is 1. The van der Waals surface area contributed by atoms with Gasteiger partial charge in [-0.15, -0.1) is 0 Å². The minimum Gasteiger partial charge on any atom is -0.493 e. The lowest BCUT2D eigenvalue weighted by atomic mass is 10.1. The first-order valence-electron chi connectivity index (χ1n) is 6.30. The van der Waals surface area contributed by atoms with Crippen LogP contribution >= 0.6 is 12.2 Å². The summed E-state index contributed by atoms with van der Waals surface area (Å²) >= 11 is 5.44. The van der Waals surface area contributed by atoms with E-state index in [4.69, 9.17) is 26.4 Å². The van der Waals surface area contributed by atoms with Crippen molar-refractivity contribution in [3.05, 3.63) is 16.9 Å². The first kappa shape index (κ1) is 14.9. The molecule has 1 aromatic heterocycles. The van der Waals surface area contributed by atoms with Gasteiger partial charge in [-0.05, 0) is 26.1 Å². The molecular formula is C14H20N2O3S. The summed E-state index contributed by atoms with van der Waals surface area (Å²) in [5.41, 5.74) is 1.62. The molecule has 0 saturated carbocycles. The maximum Gasteiger partial charge on any atom is 0.178 e. The Bertz CT molecular complexity index is 673. The lowest BCUT2D eigenvalue weighted by Crippen LogP contribution is -2.31. The lowest BCUT2D eigenvalue weighted by Gasteiger charge is -2.26. The van der Waals surface area contributed by atoms with E-state index >= 15 is 0 Å². The van der Waals surface area contributed by atoms with E-state index in [1.54, 1.807) is 21.3 Å². The molecule has 0 aliphatic carbocycles. The molecule has 2 aromatic rings. The van der Waals surface area contributed by atoms with Gasteiger partial charge < -0.3 is 23.8 Å². The zero-order chi connectivity index (χ0) is 14.9. The molecule has 0 unspecified atom stereocenters. The number of rotatable bonds is 5. The second kappa shape index (κ2) is 5.46. The van der Waals surface area contributed by atoms with Crippen LogP contribution in [0.15, 0.2) is 12.1 Å². The van der Waals surface area contributed by atoms with Crippen molar-refractivity contribution in [2.75, 3.05) is 27.9 Å². The van der Waals surface area contributed by atoms with Crippen molar-refractivity contribution in [2.24, 2.45) is 0 Å². The largest absolute Gasteiger partial charge is 0.493 e. The number of fused-ring (bicyclic) bond motifs is 1. The molecule has 20 heavy (non-hydrogen) atoms. The van der Waals surface area contributed by atoms with Crippen molar-refractivity contribution >= 4 is 23.3 Å². The normalized spacial score (nSPS) is 11.8. The molecule has 0 radical (unpaired) electrons. The molecule has 2 rings (SSSR count). The van der Waals surface area contributed by atoms with Gasteiger partial charge in [0.2, 0.25) is 0 Å². The molecule has 1 heterocycles. The Morgan fingerprint density at radius 3 is 2.30 bits per heavy atom. The van der Waals surface area contributed by atoms with Crippen LogP contribution < -0.4 is 9.47 Å². The molecule has 0 amide bonds. The summed E-state index contributed by atoms with van der Waals surface area (Å²) in [7, 11) is 4.92. The summed E-state index contributed by atoms with van der Waals surface area (Å²) in [5, 5.41) is 0. The summed E-state index contributed by atoms with van der Waals surface area (Å²) in [6.45, 7) is 4.72. The molecule has 5 nitrogen and oxygen atoms in total. The van der Waals surface area contributed by atoms with Gasteiger partial charge in [0.1, 0.15) is 0 Å². The summed E-state index contributed by atoms with van der Waals surface area (Å²) in [6, 6.07) is 3.82. The Morgan fingerprint density at radius 1 is 1.15 bits per heavy atom. The number of imidazole rings is 1. The fourth-order valence-electron chi connectivity index (χ4n) is 2.45. The van der Waals surface area contributed by atoms with Gasteiger partial charge in [-0.1, -0.05) is 0 Å². The Balaban J connectivity index is 2.73. The molecule has 1 aromatic carbocycles. The van der Waals surface area contributed by atoms with Gasteiger partial charge in [0.25, 0.3) is 0 Å². The molecule has 110 valence electrons. The van der Waals surface area contributed by atoms with Gasteiger partial charge in [-0.2, -0.15) is 0 Å². The third kappa shape index (κ3) is 2.41. The van der Waals surface area contributed by atoms with E-state index in [2.05, 4.69) is 18.8 Å². The van der Waals surface area contributed by atoms with E-state index < -0.39 is 0 Å². The first-order valence-corrected chi connectivity index (χ1v) is 6.71. The van der Waals surface area contributed by atoms with Crippen molar-refractivity contribution in [3.63, 3.8) is 0 Å². The van der Waals surface area contributed by atoms with Gasteiger partial charge in [0, 0.05) is 19.2 Å². The average Bonchev–Trinajstić information content (AvgIpc) is 2.72. The van der Waals surface area contributed by atoms with Gasteiger partial charge in [-0.3, -0.25) is 0 Å². The number of ether oxygens (including phenoxy) is 3. The van der Waals surface area contributed by atoms with Crippen molar-refractivity contribution in [2.45, 2.75) is 19.4 Å². The van der Waals surface area contributed by atoms with Crippen LogP contribution in [0.25, 0.3) is 11.0 Å². The maximum absolute atomic E-state index is 5.44. The highest BCUT2D eigenvalue weighted by atomic mass is 32.1. The van der Waals surface area contributed by atoms with E-state index in [1.807, 2.05) is 16.7 Å². The van der Waals surface area contributed by atoms with Gasteiger partial charge in [-0.25, -0.2) is 0 Å². The molecule has 1 N–H and O–H groups in total. The fraction of sp³-hybridized carbons (Fsp3) is 0.500. The molecule has 0 bridgehead atoms. The van der Waals surface area contributed by atoms with E-state index in [-0.39, 0.29) is 5.54 Å². The lowest BCUT2D eigenvalue weighted by molar-refractivity contribution is 0.111. The number of hydrogen-bond acceptors (Lipinski definition) is 4. The van der Waals surface area contributed by atoms with Gasteiger partial charge in [0.15, 0.2) is 16.3 Å². The van der Waals surface area contributed by atoms with E-state index in [0.717, 1.165) is 11.0 Å². The smallest absolute Gasteiger partial charge is 0.178 e. The second-order valence-corrected chi connectivity index (χ2v) is 5.62. The maximum atomic E-state index is 5.44. The molecule has 0 aliphatic rings. The van der Waals surface area contributed by atoms with Gasteiger partial charge in [0.05, 0.1) is 37.4 Å². The standard InChI is InChI=1S/C14H20N2O3S/c1-14(2,8-17-3)16-10-7-12(19-5)11(18-4)6-9(10)15-13(16)20/h6-7H,8H2,1-5H3,(H,15,20). The molecule has 0 aliphatic heterocycles. The topological polar surface area (TPSA) is 48.4 Å². The summed E-state index contributed by atoms with van der Waals surface area (Å²) in [5.74, 6) is 1.35. The highest BCUT2D eigenvalue weighted by Gasteiger charge is 2.24. The molecule has 0 saturated heterocycles. The highest BCUT2D eigenvalue weighted by Crippen LogP contribution is 2.34. The zero-order valence-electron chi connectivity index (χ0n) is 12.4. The zero-order valence-corrected chi connectivity index (χ0v) is 13.3. The van der Waals surface area contributed by atoms with Crippen LogP contribution in [0.5, 0.6) is 11.5 Å². The van der Waals surface area contributed by atoms with Crippen LogP contribution in [0, 0.1) is 4.77 Å². The summed E-state index contributed by atoms with van der Waals surface area (Å²) < 4.78 is 18.7. The number of aromatic nitrogens is 2. The second-order valence-electron chi connectivity index (χ2n) is 5.24. The van der Waals surface area contributed by atoms with E-state index in [1.165, 1.54) is 0 Å². The third-order valence-corrected chi connectivity index (χ3v) is 3.57. The van der Waals surface area contributed by atoms with Crippen LogP contribution in [0.2, 0.25) is 0 Å². The van der Waals surface area contributed by atoms with Crippen molar-refractivity contribution in [3.8, 4) is 11.5 Å². The predicted molar refractivity (Wildman–Crippen MR) is 81.4 cm³/mol. The Kier molecular flexibility index (Phi) is 4.06. The number of H-pyrrole nitrogens is 1. The molecule has 6 heteroatoms. The van der Waals surface area contributed by atoms with Crippen LogP contribution in [0.3, 0.4) is 0 Å². The highest BCUT2D eigenvalue weighted by molar-refractivity contribution is 7.71. The molecule has 0 spiro atoms. The van der Waals surface area contributed by atoms with Gasteiger partial charge >= 0.3 is 0 Å². The Labute approximate surface area is 123 Å². The van der Waals surface area contributed by atoms with Crippen LogP contribution in [-0.2, 0) is 10.3 Å². The van der Waals surface area contributed by atoms with Crippen molar-refractivity contribution < 1.29 is 14.2 Å². The average molecular weight is 296 g/mol. The van der Waals surface area contributed by atoms with Crippen molar-refractivity contribution in [1.29, 1.82) is 0 Å². The number of benzene rings is 1. The van der Waals surface area contributed by atoms with Crippen LogP contribution in [-0.4, -0.2) is 37.5 Å². The Morgan fingerprint density at radius 2 is 1.75 bits per heavy atom. The minimum absolute atomic E-state index is 0.260. The van der Waals surface area contributed by atoms with E-state index in [9.17, 15) is 0 Å². The summed E-state index contributed by atoms with van der Waals surface area (Å²) in [6.07, 6.45) is 0. The quantitative estimate of drug-likeness (QED) is 0.861. The van der Waals surface area contributed by atoms with E-state index in [0.29, 0.717) is 22.9 Å². The molecular weight excluding hydrogens is 276 g/mol. The SMILES string of the molecule is COCC(C)(C)n1c(=S)[nH]c2cc(OC)c(OC)cc21. The number of aromatic amines is 1. The molecule has 0 atom stereocenters. The first-order chi connectivity index (χ1) is 9.44. The minimum atomic E-state index is -0.260. The van der Waals surface area contributed by atoms with Crippen LogP contribution in [0.4, 0.5) is 0 Å². The number of nitrogens with zero attached hydrogens (tertiary/aromatic N) is 1. The van der Waals surface area contributed by atoms with Crippen LogP contribution in [0.1, 0.15) is 13.8 Å². The third-order valence-electron chi connectivity index (χ3n) is 3.29. The summed E-state index contributed by atoms with van der Waals surface area (Å²) in [4.78, 5) is 3.20. The number of methoxy groups -OCH3 is 3. The molecule has 0 fully saturated rings. The number of hydrogen-bond donors (Lipinski definition) is 1. The monoisotopic (exact) mass is 296 g/mol. The van der Waals surface area contributed by atoms with Crippen molar-refractivity contribution in [1.82, 2.24) is 9.55 Å². The Hall–Kier alpha value is -1.53. The fourth-order valence-corrected chi connectivity index (χ4v) is 2.91. The predicted octanol–water partition coefficient (Wildman–Crippen LogP) is 3.10.